The minimum atomic E-state index is 0.726. The summed E-state index contributed by atoms with van der Waals surface area (Å²) in [6.07, 6.45) is 0. The Morgan fingerprint density at radius 1 is 1.38 bits per heavy atom. The molecule has 0 spiro atoms. The first kappa shape index (κ1) is 11.4. The van der Waals surface area contributed by atoms with E-state index >= 15 is 0 Å². The van der Waals surface area contributed by atoms with Gasteiger partial charge in [0, 0.05) is 4.88 Å². The average molecular weight is 298 g/mol. The van der Waals surface area contributed by atoms with Gasteiger partial charge >= 0.3 is 0 Å². The first-order valence-electron chi connectivity index (χ1n) is 4.86. The number of hydrogen-bond donors (Lipinski definition) is 2. The predicted octanol–water partition coefficient (Wildman–Crippen LogP) is 3.41. The van der Waals surface area contributed by atoms with Crippen LogP contribution in [0.15, 0.2) is 28.1 Å². The van der Waals surface area contributed by atoms with E-state index in [1.807, 2.05) is 25.1 Å². The Hall–Kier alpha value is -1.07. The minimum absolute atomic E-state index is 0.726. The van der Waals surface area contributed by atoms with Crippen LogP contribution in [0.25, 0.3) is 0 Å². The summed E-state index contributed by atoms with van der Waals surface area (Å²) in [4.78, 5) is 5.62. The molecule has 2 aromatic heterocycles. The van der Waals surface area contributed by atoms with Gasteiger partial charge < -0.3 is 11.1 Å². The van der Waals surface area contributed by atoms with E-state index in [4.69, 9.17) is 5.73 Å². The van der Waals surface area contributed by atoms with Crippen molar-refractivity contribution in [3.63, 3.8) is 0 Å². The molecule has 3 N–H and O–H groups in total. The number of pyridine rings is 1. The summed E-state index contributed by atoms with van der Waals surface area (Å²) in [7, 11) is 0. The van der Waals surface area contributed by atoms with Crippen molar-refractivity contribution in [3.8, 4) is 0 Å². The van der Waals surface area contributed by atoms with Crippen LogP contribution in [0, 0.1) is 6.92 Å². The third kappa shape index (κ3) is 2.74. The molecule has 2 heterocycles. The van der Waals surface area contributed by atoms with E-state index in [0.29, 0.717) is 0 Å². The lowest BCUT2D eigenvalue weighted by Crippen LogP contribution is -2.02. The molecule has 0 bridgehead atoms. The number of nitrogens with zero attached hydrogens (tertiary/aromatic N) is 1. The second-order valence-electron chi connectivity index (χ2n) is 3.43. The summed E-state index contributed by atoms with van der Waals surface area (Å²) in [6, 6.07) is 7.90. The summed E-state index contributed by atoms with van der Waals surface area (Å²) in [5.41, 5.74) is 7.29. The summed E-state index contributed by atoms with van der Waals surface area (Å²) in [5, 5.41) is 3.27. The number of aromatic nitrogens is 1. The molecule has 16 heavy (non-hydrogen) atoms. The van der Waals surface area contributed by atoms with Crippen LogP contribution in [-0.4, -0.2) is 4.98 Å². The van der Waals surface area contributed by atoms with Crippen LogP contribution in [0.4, 0.5) is 11.5 Å². The van der Waals surface area contributed by atoms with Crippen molar-refractivity contribution in [3.05, 3.63) is 38.6 Å². The first-order valence-corrected chi connectivity index (χ1v) is 6.47. The Morgan fingerprint density at radius 3 is 2.81 bits per heavy atom. The number of anilines is 2. The van der Waals surface area contributed by atoms with E-state index in [-0.39, 0.29) is 0 Å². The van der Waals surface area contributed by atoms with Crippen LogP contribution in [0.2, 0.25) is 0 Å². The molecule has 2 rings (SSSR count). The van der Waals surface area contributed by atoms with Crippen molar-refractivity contribution in [1.29, 1.82) is 0 Å². The van der Waals surface area contributed by atoms with E-state index in [9.17, 15) is 0 Å². The molecule has 0 saturated carbocycles. The molecule has 84 valence electrons. The first-order chi connectivity index (χ1) is 7.65. The van der Waals surface area contributed by atoms with Crippen LogP contribution in [-0.2, 0) is 6.54 Å². The van der Waals surface area contributed by atoms with E-state index < -0.39 is 0 Å². The molecule has 0 saturated heterocycles. The lowest BCUT2D eigenvalue weighted by atomic mass is 10.3. The fraction of sp³-hybridized carbons (Fsp3) is 0.182. The van der Waals surface area contributed by atoms with Crippen molar-refractivity contribution in [2.75, 3.05) is 11.1 Å². The topological polar surface area (TPSA) is 50.9 Å². The van der Waals surface area contributed by atoms with Crippen LogP contribution >= 0.6 is 27.3 Å². The van der Waals surface area contributed by atoms with Gasteiger partial charge in [-0.2, -0.15) is 0 Å². The second kappa shape index (κ2) is 4.84. The molecule has 0 amide bonds. The molecule has 0 radical (unpaired) electrons. The highest BCUT2D eigenvalue weighted by Gasteiger charge is 2.00. The maximum Gasteiger partial charge on any atom is 0.126 e. The van der Waals surface area contributed by atoms with Gasteiger partial charge in [0.1, 0.15) is 5.82 Å². The van der Waals surface area contributed by atoms with Gasteiger partial charge in [0.15, 0.2) is 0 Å². The molecular weight excluding hydrogens is 286 g/mol. The zero-order chi connectivity index (χ0) is 11.5. The van der Waals surface area contributed by atoms with Gasteiger partial charge in [-0.1, -0.05) is 0 Å². The van der Waals surface area contributed by atoms with E-state index in [1.165, 1.54) is 4.88 Å². The van der Waals surface area contributed by atoms with Crippen LogP contribution in [0.1, 0.15) is 10.6 Å². The van der Waals surface area contributed by atoms with Gasteiger partial charge in [-0.3, -0.25) is 0 Å². The molecule has 3 nitrogen and oxygen atoms in total. The van der Waals surface area contributed by atoms with Gasteiger partial charge in [-0.25, -0.2) is 4.98 Å². The van der Waals surface area contributed by atoms with Gasteiger partial charge in [0.05, 0.1) is 21.7 Å². The molecule has 0 atom stereocenters. The van der Waals surface area contributed by atoms with Crippen molar-refractivity contribution in [2.24, 2.45) is 0 Å². The van der Waals surface area contributed by atoms with Gasteiger partial charge in [0.25, 0.3) is 0 Å². The van der Waals surface area contributed by atoms with Crippen LogP contribution in [0.5, 0.6) is 0 Å². The van der Waals surface area contributed by atoms with Crippen LogP contribution in [0.3, 0.4) is 0 Å². The summed E-state index contributed by atoms with van der Waals surface area (Å²) in [6.45, 7) is 2.69. The molecule has 0 fully saturated rings. The summed E-state index contributed by atoms with van der Waals surface area (Å²) in [5.74, 6) is 0.858. The second-order valence-corrected chi connectivity index (χ2v) is 5.98. The maximum atomic E-state index is 5.70. The normalized spacial score (nSPS) is 10.4. The standard InChI is InChI=1S/C11H12BrN3S/c1-7-9(13)3-5-11(15-7)14-6-8-2-4-10(12)16-8/h2-5H,6,13H2,1H3,(H,14,15). The minimum Gasteiger partial charge on any atom is -0.397 e. The van der Waals surface area contributed by atoms with Gasteiger partial charge in [-0.05, 0) is 47.1 Å². The molecule has 0 aromatic carbocycles. The number of nitrogen functional groups attached to an aromatic ring is 1. The Bertz CT molecular complexity index is 496. The maximum absolute atomic E-state index is 5.70. The molecule has 2 aromatic rings. The quantitative estimate of drug-likeness (QED) is 0.913. The van der Waals surface area contributed by atoms with Crippen molar-refractivity contribution >= 4 is 38.8 Å². The fourth-order valence-corrected chi connectivity index (χ4v) is 2.72. The summed E-state index contributed by atoms with van der Waals surface area (Å²) < 4.78 is 1.14. The smallest absolute Gasteiger partial charge is 0.126 e. The zero-order valence-electron chi connectivity index (χ0n) is 8.83. The number of rotatable bonds is 3. The highest BCUT2D eigenvalue weighted by atomic mass is 79.9. The van der Waals surface area contributed by atoms with Crippen LogP contribution < -0.4 is 11.1 Å². The van der Waals surface area contributed by atoms with Gasteiger partial charge in [-0.15, -0.1) is 11.3 Å². The third-order valence-corrected chi connectivity index (χ3v) is 3.82. The van der Waals surface area contributed by atoms with Crippen molar-refractivity contribution < 1.29 is 0 Å². The Morgan fingerprint density at radius 2 is 2.19 bits per heavy atom. The van der Waals surface area contributed by atoms with Gasteiger partial charge in [0.2, 0.25) is 0 Å². The fourth-order valence-electron chi connectivity index (χ4n) is 1.29. The van der Waals surface area contributed by atoms with E-state index in [0.717, 1.165) is 27.5 Å². The highest BCUT2D eigenvalue weighted by molar-refractivity contribution is 9.11. The molecule has 0 aliphatic carbocycles. The summed E-state index contributed by atoms with van der Waals surface area (Å²) >= 11 is 5.15. The SMILES string of the molecule is Cc1nc(NCc2ccc(Br)s2)ccc1N. The lowest BCUT2D eigenvalue weighted by Gasteiger charge is -2.06. The molecule has 0 unspecified atom stereocenters. The average Bonchev–Trinajstić information content (AvgIpc) is 2.66. The molecule has 0 aliphatic rings. The Balaban J connectivity index is 2.02. The van der Waals surface area contributed by atoms with Crippen molar-refractivity contribution in [1.82, 2.24) is 4.98 Å². The van der Waals surface area contributed by atoms with Crippen molar-refractivity contribution in [2.45, 2.75) is 13.5 Å². The molecule has 5 heteroatoms. The van der Waals surface area contributed by atoms with E-state index in [2.05, 4.69) is 32.3 Å². The number of hydrogen-bond acceptors (Lipinski definition) is 4. The number of nitrogens with one attached hydrogen (secondary N) is 1. The largest absolute Gasteiger partial charge is 0.397 e. The van der Waals surface area contributed by atoms with E-state index in [1.54, 1.807) is 11.3 Å². The monoisotopic (exact) mass is 297 g/mol. The molecule has 0 aliphatic heterocycles. The third-order valence-electron chi connectivity index (χ3n) is 2.20. The lowest BCUT2D eigenvalue weighted by molar-refractivity contribution is 1.11. The highest BCUT2D eigenvalue weighted by Crippen LogP contribution is 2.22. The predicted molar refractivity (Wildman–Crippen MR) is 72.7 cm³/mol. The molecular formula is C11H12BrN3S. The Labute approximate surface area is 107 Å². The number of nitrogens with two attached hydrogens (primary N) is 1. The number of aryl methyl sites for hydroxylation is 1. The number of thiophene rings is 1. The zero-order valence-corrected chi connectivity index (χ0v) is 11.2. The Kier molecular flexibility index (Phi) is 3.46. The number of halogens is 1.